The molecule has 3 aliphatic rings. The van der Waals surface area contributed by atoms with Gasteiger partial charge in [-0.3, -0.25) is 4.79 Å². The Morgan fingerprint density at radius 3 is 2.20 bits per heavy atom. The van der Waals surface area contributed by atoms with Crippen LogP contribution in [0.5, 0.6) is 5.75 Å². The molecule has 0 radical (unpaired) electrons. The molecule has 0 aromatic heterocycles. The molecule has 3 fully saturated rings. The van der Waals surface area contributed by atoms with Gasteiger partial charge in [-0.2, -0.15) is 4.31 Å². The van der Waals surface area contributed by atoms with Crippen LogP contribution in [0.1, 0.15) is 47.5 Å². The van der Waals surface area contributed by atoms with Crippen molar-refractivity contribution in [2.24, 2.45) is 0 Å². The number of piperazine rings is 1. The van der Waals surface area contributed by atoms with Gasteiger partial charge in [-0.15, -0.1) is 0 Å². The molecule has 3 saturated heterocycles. The van der Waals surface area contributed by atoms with Crippen molar-refractivity contribution >= 4 is 33.2 Å². The summed E-state index contributed by atoms with van der Waals surface area (Å²) in [4.78, 5) is 16.5. The van der Waals surface area contributed by atoms with Crippen molar-refractivity contribution in [3.63, 3.8) is 0 Å². The Morgan fingerprint density at radius 1 is 0.902 bits per heavy atom. The molecule has 11 heteroatoms. The number of piperidine rings is 1. The van der Waals surface area contributed by atoms with Gasteiger partial charge in [0.25, 0.3) is 5.91 Å². The zero-order valence-corrected chi connectivity index (χ0v) is 23.8. The highest BCUT2D eigenvalue weighted by molar-refractivity contribution is 7.89. The van der Waals surface area contributed by atoms with Gasteiger partial charge in [-0.05, 0) is 67.5 Å². The number of fused-ring (bicyclic) bond motifs is 2. The van der Waals surface area contributed by atoms with Gasteiger partial charge in [0.05, 0.1) is 21.2 Å². The normalized spacial score (nSPS) is 21.8. The number of likely N-dealkylation sites (tertiary alicyclic amines) is 1. The minimum Gasteiger partial charge on any atom is -0.503 e. The SMILES string of the molecule is O=C(c1ccc(F)cc1Cl)N1C[C@H]2CC[C@@H](C1)N2c1cc(S(=O)(=O)N2CCC(c3ccccc3)CC2)cc(F)c1O. The second kappa shape index (κ2) is 10.9. The van der Waals surface area contributed by atoms with E-state index in [4.69, 9.17) is 11.6 Å². The number of benzene rings is 3. The van der Waals surface area contributed by atoms with E-state index in [0.717, 1.165) is 12.1 Å². The van der Waals surface area contributed by atoms with Crippen LogP contribution in [-0.4, -0.2) is 66.9 Å². The number of anilines is 1. The Balaban J connectivity index is 1.22. The number of rotatable bonds is 5. The zero-order valence-electron chi connectivity index (χ0n) is 22.2. The molecular weight excluding hydrogens is 572 g/mol. The van der Waals surface area contributed by atoms with Crippen molar-refractivity contribution in [2.75, 3.05) is 31.1 Å². The fourth-order valence-electron chi connectivity index (χ4n) is 6.51. The lowest BCUT2D eigenvalue weighted by Gasteiger charge is -2.43. The standard InChI is InChI=1S/C30H30ClF2N3O4S/c31-26-14-21(32)6-9-25(26)30(38)34-17-22-7-8-23(18-34)36(22)28-16-24(15-27(33)29(28)37)41(39,40)35-12-10-20(11-13-35)19-4-2-1-3-5-19/h1-6,9,14-16,20,22-23,37H,7-8,10-13,17-18H2/t22-,23+. The molecule has 3 aromatic carbocycles. The second-order valence-electron chi connectivity index (χ2n) is 11.0. The molecule has 0 saturated carbocycles. The van der Waals surface area contributed by atoms with Gasteiger partial charge in [0, 0.05) is 38.3 Å². The summed E-state index contributed by atoms with van der Waals surface area (Å²) < 4.78 is 57.2. The molecule has 0 unspecified atom stereocenters. The zero-order chi connectivity index (χ0) is 28.9. The summed E-state index contributed by atoms with van der Waals surface area (Å²) in [6.45, 7) is 1.18. The van der Waals surface area contributed by atoms with Crippen molar-refractivity contribution in [3.05, 3.63) is 88.4 Å². The highest BCUT2D eigenvalue weighted by Crippen LogP contribution is 2.43. The van der Waals surface area contributed by atoms with Crippen molar-refractivity contribution < 1.29 is 27.1 Å². The van der Waals surface area contributed by atoms with Gasteiger partial charge in [-0.1, -0.05) is 41.9 Å². The number of amides is 1. The van der Waals surface area contributed by atoms with Crippen LogP contribution in [0, 0.1) is 11.6 Å². The number of carbonyl (C=O) groups excluding carboxylic acids is 1. The lowest BCUT2D eigenvalue weighted by atomic mass is 9.90. The van der Waals surface area contributed by atoms with Gasteiger partial charge >= 0.3 is 0 Å². The third kappa shape index (κ3) is 5.17. The lowest BCUT2D eigenvalue weighted by molar-refractivity contribution is 0.0718. The fourth-order valence-corrected chi connectivity index (χ4v) is 8.26. The lowest BCUT2D eigenvalue weighted by Crippen LogP contribution is -2.55. The molecule has 6 rings (SSSR count). The molecule has 1 amide bonds. The summed E-state index contributed by atoms with van der Waals surface area (Å²) in [5.74, 6) is -2.23. The van der Waals surface area contributed by atoms with Gasteiger partial charge < -0.3 is 14.9 Å². The van der Waals surface area contributed by atoms with E-state index in [9.17, 15) is 22.7 Å². The molecule has 2 atom stereocenters. The summed E-state index contributed by atoms with van der Waals surface area (Å²) in [5.41, 5.74) is 1.48. The predicted molar refractivity (Wildman–Crippen MR) is 152 cm³/mol. The molecule has 3 aromatic rings. The minimum atomic E-state index is -4.01. The molecule has 2 bridgehead atoms. The number of sulfonamides is 1. The maximum Gasteiger partial charge on any atom is 0.255 e. The number of aromatic hydroxyl groups is 1. The summed E-state index contributed by atoms with van der Waals surface area (Å²) in [6, 6.07) is 15.3. The van der Waals surface area contributed by atoms with E-state index in [1.807, 2.05) is 35.2 Å². The van der Waals surface area contributed by atoms with Crippen molar-refractivity contribution in [3.8, 4) is 5.75 Å². The van der Waals surface area contributed by atoms with Crippen LogP contribution in [0.15, 0.2) is 65.6 Å². The van der Waals surface area contributed by atoms with Crippen LogP contribution in [0.25, 0.3) is 0 Å². The molecule has 7 nitrogen and oxygen atoms in total. The maximum atomic E-state index is 15.1. The van der Waals surface area contributed by atoms with Crippen LogP contribution >= 0.6 is 11.6 Å². The first-order valence-corrected chi connectivity index (χ1v) is 15.6. The molecule has 3 heterocycles. The van der Waals surface area contributed by atoms with Crippen molar-refractivity contribution in [1.29, 1.82) is 0 Å². The van der Waals surface area contributed by atoms with Crippen LogP contribution in [0.2, 0.25) is 5.02 Å². The summed E-state index contributed by atoms with van der Waals surface area (Å²) >= 11 is 6.12. The van der Waals surface area contributed by atoms with E-state index in [2.05, 4.69) is 0 Å². The van der Waals surface area contributed by atoms with E-state index in [1.54, 1.807) is 4.90 Å². The van der Waals surface area contributed by atoms with Gasteiger partial charge in [-0.25, -0.2) is 17.2 Å². The first-order chi connectivity index (χ1) is 19.6. The monoisotopic (exact) mass is 601 g/mol. The molecular formula is C30H30ClF2N3O4S. The first kappa shape index (κ1) is 27.9. The Kier molecular flexibility index (Phi) is 7.42. The number of halogens is 3. The Hall–Kier alpha value is -3.21. The van der Waals surface area contributed by atoms with Gasteiger partial charge in [0.2, 0.25) is 10.0 Å². The number of nitrogens with zero attached hydrogens (tertiary/aromatic N) is 3. The number of hydrogen-bond donors (Lipinski definition) is 1. The smallest absolute Gasteiger partial charge is 0.255 e. The summed E-state index contributed by atoms with van der Waals surface area (Å²) in [5, 5.41) is 10.8. The van der Waals surface area contributed by atoms with E-state index >= 15 is 4.39 Å². The Labute approximate surface area is 243 Å². The molecule has 3 aliphatic heterocycles. The number of hydrogen-bond acceptors (Lipinski definition) is 5. The number of phenolic OH excluding ortho intramolecular Hbond substituents is 1. The van der Waals surface area contributed by atoms with Gasteiger partial charge in [0.1, 0.15) is 5.82 Å². The largest absolute Gasteiger partial charge is 0.503 e. The van der Waals surface area contributed by atoms with Crippen molar-refractivity contribution in [1.82, 2.24) is 9.21 Å². The molecule has 216 valence electrons. The Bertz CT molecular complexity index is 1570. The maximum absolute atomic E-state index is 15.1. The third-order valence-electron chi connectivity index (χ3n) is 8.59. The van der Waals surface area contributed by atoms with Crippen LogP contribution < -0.4 is 4.90 Å². The highest BCUT2D eigenvalue weighted by atomic mass is 35.5. The number of phenols is 1. The minimum absolute atomic E-state index is 0.0233. The van der Waals surface area contributed by atoms with E-state index in [-0.39, 0.29) is 58.2 Å². The molecule has 1 N–H and O–H groups in total. The molecule has 0 aliphatic carbocycles. The highest BCUT2D eigenvalue weighted by Gasteiger charge is 2.43. The fraction of sp³-hybridized carbons (Fsp3) is 0.367. The average Bonchev–Trinajstić information content (AvgIpc) is 3.22. The predicted octanol–water partition coefficient (Wildman–Crippen LogP) is 5.39. The van der Waals surface area contributed by atoms with E-state index in [1.165, 1.54) is 28.1 Å². The van der Waals surface area contributed by atoms with Crippen LogP contribution in [0.3, 0.4) is 0 Å². The molecule has 41 heavy (non-hydrogen) atoms. The number of carbonyl (C=O) groups is 1. The average molecular weight is 602 g/mol. The van der Waals surface area contributed by atoms with E-state index < -0.39 is 27.4 Å². The quantitative estimate of drug-likeness (QED) is 0.424. The molecule has 0 spiro atoms. The van der Waals surface area contributed by atoms with Crippen molar-refractivity contribution in [2.45, 2.75) is 48.6 Å². The van der Waals surface area contributed by atoms with Crippen LogP contribution in [0.4, 0.5) is 14.5 Å². The third-order valence-corrected chi connectivity index (χ3v) is 10.8. The van der Waals surface area contributed by atoms with Gasteiger partial charge in [0.15, 0.2) is 11.6 Å². The summed E-state index contributed by atoms with van der Waals surface area (Å²) in [7, 11) is -4.01. The topological polar surface area (TPSA) is 81.2 Å². The summed E-state index contributed by atoms with van der Waals surface area (Å²) in [6.07, 6.45) is 2.68. The van der Waals surface area contributed by atoms with Crippen LogP contribution in [-0.2, 0) is 10.0 Å². The first-order valence-electron chi connectivity index (χ1n) is 13.7. The second-order valence-corrected chi connectivity index (χ2v) is 13.3. The Morgan fingerprint density at radius 2 is 1.56 bits per heavy atom. The van der Waals surface area contributed by atoms with E-state index in [0.29, 0.717) is 38.8 Å².